The summed E-state index contributed by atoms with van der Waals surface area (Å²) in [5.41, 5.74) is 8.25. The second-order valence-electron chi connectivity index (χ2n) is 5.47. The summed E-state index contributed by atoms with van der Waals surface area (Å²) in [6.45, 7) is 2.46. The predicted octanol–water partition coefficient (Wildman–Crippen LogP) is 3.43. The molecule has 1 aliphatic carbocycles. The number of Topliss-reactive ketones (excluding diaryl/α,β-unsaturated/α-hetero) is 1. The molecule has 116 valence electrons. The van der Waals surface area contributed by atoms with Crippen molar-refractivity contribution in [3.63, 3.8) is 0 Å². The van der Waals surface area contributed by atoms with Gasteiger partial charge in [0, 0.05) is 10.4 Å². The van der Waals surface area contributed by atoms with E-state index in [1.807, 2.05) is 6.92 Å². The van der Waals surface area contributed by atoms with Crippen LogP contribution in [-0.4, -0.2) is 17.4 Å². The number of nitrogen functional groups attached to an aromatic ring is 1. The van der Waals surface area contributed by atoms with Crippen LogP contribution in [0.4, 0.5) is 5.69 Å². The topological polar surface area (TPSA) is 65.2 Å². The normalized spacial score (nSPS) is 13.7. The summed E-state index contributed by atoms with van der Waals surface area (Å²) in [7, 11) is 0. The lowest BCUT2D eigenvalue weighted by Gasteiger charge is -2.08. The minimum atomic E-state index is 0.0563. The van der Waals surface area contributed by atoms with Crippen molar-refractivity contribution in [2.24, 2.45) is 0 Å². The Kier molecular flexibility index (Phi) is 4.43. The average molecular weight is 316 g/mol. The molecule has 1 heterocycles. The van der Waals surface area contributed by atoms with Crippen LogP contribution >= 0.6 is 11.3 Å². The number of ether oxygens (including phenoxy) is 1. The lowest BCUT2D eigenvalue weighted by Crippen LogP contribution is -2.05. The quantitative estimate of drug-likeness (QED) is 0.678. The van der Waals surface area contributed by atoms with Gasteiger partial charge in [-0.15, -0.1) is 11.3 Å². The SMILES string of the molecule is CCOc1ccc(C(=O)Cc2nc3c(s2)CCCC3)cc1N. The van der Waals surface area contributed by atoms with E-state index in [2.05, 4.69) is 4.98 Å². The molecule has 0 fully saturated rings. The van der Waals surface area contributed by atoms with E-state index in [-0.39, 0.29) is 5.78 Å². The Morgan fingerprint density at radius 2 is 2.18 bits per heavy atom. The number of aromatic nitrogens is 1. The summed E-state index contributed by atoms with van der Waals surface area (Å²) in [6, 6.07) is 5.23. The summed E-state index contributed by atoms with van der Waals surface area (Å²) >= 11 is 1.69. The van der Waals surface area contributed by atoms with Gasteiger partial charge in [-0.05, 0) is 50.8 Å². The average Bonchev–Trinajstić information content (AvgIpc) is 2.91. The number of fused-ring (bicyclic) bond motifs is 1. The number of nitrogens with two attached hydrogens (primary N) is 1. The maximum atomic E-state index is 12.4. The van der Waals surface area contributed by atoms with Crippen molar-refractivity contribution < 1.29 is 9.53 Å². The number of carbonyl (C=O) groups is 1. The standard InChI is InChI=1S/C17H20N2O2S/c1-2-21-15-8-7-11(9-12(15)18)14(20)10-17-19-13-5-3-4-6-16(13)22-17/h7-9H,2-6,10,18H2,1H3. The monoisotopic (exact) mass is 316 g/mol. The van der Waals surface area contributed by atoms with E-state index in [0.717, 1.165) is 17.8 Å². The van der Waals surface area contributed by atoms with Crippen molar-refractivity contribution in [1.29, 1.82) is 0 Å². The number of anilines is 1. The fourth-order valence-corrected chi connectivity index (χ4v) is 3.88. The Labute approximate surface area is 134 Å². The first-order valence-corrected chi connectivity index (χ1v) is 8.52. The minimum Gasteiger partial charge on any atom is -0.492 e. The van der Waals surface area contributed by atoms with Gasteiger partial charge in [0.15, 0.2) is 5.78 Å². The fraction of sp³-hybridized carbons (Fsp3) is 0.412. The Hall–Kier alpha value is -1.88. The highest BCUT2D eigenvalue weighted by atomic mass is 32.1. The van der Waals surface area contributed by atoms with Crippen LogP contribution in [0.1, 0.15) is 45.7 Å². The molecule has 2 N–H and O–H groups in total. The number of carbonyl (C=O) groups excluding carboxylic acids is 1. The molecule has 1 aromatic heterocycles. The van der Waals surface area contributed by atoms with Gasteiger partial charge in [0.1, 0.15) is 10.8 Å². The van der Waals surface area contributed by atoms with Crippen molar-refractivity contribution in [3.8, 4) is 5.75 Å². The fourth-order valence-electron chi connectivity index (χ4n) is 2.73. The molecule has 0 aliphatic heterocycles. The Balaban J connectivity index is 1.74. The molecule has 2 aromatic rings. The molecule has 0 atom stereocenters. The van der Waals surface area contributed by atoms with E-state index < -0.39 is 0 Å². The highest BCUT2D eigenvalue weighted by Crippen LogP contribution is 2.28. The van der Waals surface area contributed by atoms with Gasteiger partial charge < -0.3 is 10.5 Å². The van der Waals surface area contributed by atoms with Crippen LogP contribution in [0.15, 0.2) is 18.2 Å². The number of hydrogen-bond acceptors (Lipinski definition) is 5. The lowest BCUT2D eigenvalue weighted by atomic mass is 10.0. The molecule has 0 spiro atoms. The zero-order valence-corrected chi connectivity index (χ0v) is 13.5. The van der Waals surface area contributed by atoms with Gasteiger partial charge in [0.05, 0.1) is 24.4 Å². The highest BCUT2D eigenvalue weighted by Gasteiger charge is 2.17. The maximum Gasteiger partial charge on any atom is 0.169 e. The van der Waals surface area contributed by atoms with Gasteiger partial charge in [-0.3, -0.25) is 4.79 Å². The molecule has 1 aromatic carbocycles. The number of rotatable bonds is 5. The van der Waals surface area contributed by atoms with Crippen molar-refractivity contribution in [2.75, 3.05) is 12.3 Å². The van der Waals surface area contributed by atoms with Crippen LogP contribution in [0.25, 0.3) is 0 Å². The number of benzene rings is 1. The molecule has 5 heteroatoms. The number of hydrogen-bond donors (Lipinski definition) is 1. The van der Waals surface area contributed by atoms with Gasteiger partial charge in [0.2, 0.25) is 0 Å². The van der Waals surface area contributed by atoms with Gasteiger partial charge in [-0.25, -0.2) is 4.98 Å². The zero-order chi connectivity index (χ0) is 15.5. The second-order valence-corrected chi connectivity index (χ2v) is 6.64. The molecule has 0 radical (unpaired) electrons. The summed E-state index contributed by atoms with van der Waals surface area (Å²) in [5.74, 6) is 0.685. The smallest absolute Gasteiger partial charge is 0.169 e. The van der Waals surface area contributed by atoms with Crippen molar-refractivity contribution in [2.45, 2.75) is 39.0 Å². The molecule has 0 unspecified atom stereocenters. The first-order chi connectivity index (χ1) is 10.7. The number of nitrogens with zero attached hydrogens (tertiary/aromatic N) is 1. The third-order valence-electron chi connectivity index (χ3n) is 3.83. The molecular weight excluding hydrogens is 296 g/mol. The first kappa shape index (κ1) is 15.0. The highest BCUT2D eigenvalue weighted by molar-refractivity contribution is 7.11. The molecule has 1 aliphatic rings. The van der Waals surface area contributed by atoms with E-state index >= 15 is 0 Å². The van der Waals surface area contributed by atoms with Gasteiger partial charge in [-0.2, -0.15) is 0 Å². The summed E-state index contributed by atoms with van der Waals surface area (Å²) in [6.07, 6.45) is 4.95. The van der Waals surface area contributed by atoms with Crippen molar-refractivity contribution in [1.82, 2.24) is 4.98 Å². The summed E-state index contributed by atoms with van der Waals surface area (Å²) in [4.78, 5) is 18.4. The van der Waals surface area contributed by atoms with Crippen molar-refractivity contribution in [3.05, 3.63) is 39.3 Å². The van der Waals surface area contributed by atoms with Crippen LogP contribution in [0.2, 0.25) is 0 Å². The molecule has 0 bridgehead atoms. The second kappa shape index (κ2) is 6.48. The van der Waals surface area contributed by atoms with E-state index in [9.17, 15) is 4.79 Å². The number of thiazole rings is 1. The Morgan fingerprint density at radius 1 is 1.36 bits per heavy atom. The largest absolute Gasteiger partial charge is 0.492 e. The molecule has 0 amide bonds. The van der Waals surface area contributed by atoms with Crippen LogP contribution in [0, 0.1) is 0 Å². The first-order valence-electron chi connectivity index (χ1n) is 7.70. The summed E-state index contributed by atoms with van der Waals surface area (Å²) in [5, 5.41) is 0.921. The number of ketones is 1. The van der Waals surface area contributed by atoms with E-state index in [1.165, 1.54) is 23.4 Å². The van der Waals surface area contributed by atoms with Crippen LogP contribution in [-0.2, 0) is 19.3 Å². The summed E-state index contributed by atoms with van der Waals surface area (Å²) < 4.78 is 5.40. The molecule has 3 rings (SSSR count). The molecule has 0 saturated heterocycles. The minimum absolute atomic E-state index is 0.0563. The maximum absolute atomic E-state index is 12.4. The van der Waals surface area contributed by atoms with E-state index in [1.54, 1.807) is 29.5 Å². The number of aryl methyl sites for hydroxylation is 2. The predicted molar refractivity (Wildman–Crippen MR) is 88.8 cm³/mol. The van der Waals surface area contributed by atoms with E-state index in [4.69, 9.17) is 10.5 Å². The van der Waals surface area contributed by atoms with E-state index in [0.29, 0.717) is 30.0 Å². The molecule has 0 saturated carbocycles. The third kappa shape index (κ3) is 3.14. The Morgan fingerprint density at radius 3 is 2.91 bits per heavy atom. The van der Waals surface area contributed by atoms with Gasteiger partial charge >= 0.3 is 0 Å². The lowest BCUT2D eigenvalue weighted by molar-refractivity contribution is 0.0993. The Bertz CT molecular complexity index is 670. The molecule has 4 nitrogen and oxygen atoms in total. The molecular formula is C17H20N2O2S. The zero-order valence-electron chi connectivity index (χ0n) is 12.7. The van der Waals surface area contributed by atoms with Crippen molar-refractivity contribution >= 4 is 22.8 Å². The van der Waals surface area contributed by atoms with Crippen LogP contribution < -0.4 is 10.5 Å². The van der Waals surface area contributed by atoms with Crippen LogP contribution in [0.3, 0.4) is 0 Å². The molecule has 22 heavy (non-hydrogen) atoms. The third-order valence-corrected chi connectivity index (χ3v) is 4.99. The van der Waals surface area contributed by atoms with Gasteiger partial charge in [-0.1, -0.05) is 0 Å². The van der Waals surface area contributed by atoms with Gasteiger partial charge in [0.25, 0.3) is 0 Å². The van der Waals surface area contributed by atoms with Crippen LogP contribution in [0.5, 0.6) is 5.75 Å².